The second-order valence-electron chi connectivity index (χ2n) is 9.21. The summed E-state index contributed by atoms with van der Waals surface area (Å²) in [5.74, 6) is 1.08. The molecule has 11 nitrogen and oxygen atoms in total. The number of nitro benzene ring substituents is 1. The average Bonchev–Trinajstić information content (AvgIpc) is 3.36. The third-order valence-electron chi connectivity index (χ3n) is 6.51. The van der Waals surface area contributed by atoms with E-state index in [1.54, 1.807) is 41.9 Å². The zero-order chi connectivity index (χ0) is 27.7. The summed E-state index contributed by atoms with van der Waals surface area (Å²) >= 11 is 0. The Balaban J connectivity index is 1.58. The number of fused-ring (bicyclic) bond motifs is 1. The molecule has 0 aliphatic carbocycles. The molecular weight excluding hydrogens is 498 g/mol. The van der Waals surface area contributed by atoms with Gasteiger partial charge in [0.2, 0.25) is 5.95 Å². The molecule has 11 heteroatoms. The molecule has 1 aliphatic rings. The van der Waals surface area contributed by atoms with Crippen LogP contribution in [0.25, 0.3) is 11.4 Å². The monoisotopic (exact) mass is 525 g/mol. The summed E-state index contributed by atoms with van der Waals surface area (Å²) < 4.78 is 7.04. The van der Waals surface area contributed by atoms with E-state index in [-0.39, 0.29) is 11.6 Å². The van der Waals surface area contributed by atoms with Gasteiger partial charge in [-0.05, 0) is 61.0 Å². The van der Waals surface area contributed by atoms with Crippen molar-refractivity contribution in [3.05, 3.63) is 99.7 Å². The second-order valence-corrected chi connectivity index (χ2v) is 9.21. The van der Waals surface area contributed by atoms with Gasteiger partial charge in [0.1, 0.15) is 11.8 Å². The first kappa shape index (κ1) is 25.5. The van der Waals surface area contributed by atoms with Crippen LogP contribution in [0.5, 0.6) is 5.75 Å². The quantitative estimate of drug-likeness (QED) is 0.259. The highest BCUT2D eigenvalue weighted by atomic mass is 16.6. The molecule has 1 aromatic heterocycles. The lowest BCUT2D eigenvalue weighted by Gasteiger charge is -2.28. The minimum Gasteiger partial charge on any atom is -0.495 e. The summed E-state index contributed by atoms with van der Waals surface area (Å²) in [5.41, 5.74) is 3.93. The van der Waals surface area contributed by atoms with Gasteiger partial charge >= 0.3 is 0 Å². The normalized spacial score (nSPS) is 14.3. The zero-order valence-electron chi connectivity index (χ0n) is 21.9. The maximum Gasteiger partial charge on any atom is 0.269 e. The van der Waals surface area contributed by atoms with Gasteiger partial charge in [0.05, 0.1) is 23.3 Å². The number of para-hydroxylation sites is 2. The fraction of sp³-hybridized carbons (Fsp3) is 0.179. The van der Waals surface area contributed by atoms with Crippen LogP contribution in [0.2, 0.25) is 0 Å². The summed E-state index contributed by atoms with van der Waals surface area (Å²) in [4.78, 5) is 31.3. The van der Waals surface area contributed by atoms with Gasteiger partial charge in [-0.15, -0.1) is 5.10 Å². The fourth-order valence-electron chi connectivity index (χ4n) is 4.50. The van der Waals surface area contributed by atoms with Crippen molar-refractivity contribution in [2.75, 3.05) is 36.7 Å². The molecule has 4 aromatic rings. The Labute approximate surface area is 224 Å². The number of hydrogen-bond donors (Lipinski definition) is 2. The Hall–Kier alpha value is -5.19. The number of nitro groups is 1. The molecule has 0 saturated heterocycles. The molecule has 0 spiro atoms. The molecule has 0 radical (unpaired) electrons. The molecule has 1 amide bonds. The Morgan fingerprint density at radius 3 is 2.41 bits per heavy atom. The number of benzene rings is 3. The van der Waals surface area contributed by atoms with E-state index >= 15 is 0 Å². The predicted molar refractivity (Wildman–Crippen MR) is 149 cm³/mol. The van der Waals surface area contributed by atoms with E-state index in [2.05, 4.69) is 10.6 Å². The van der Waals surface area contributed by atoms with E-state index in [0.29, 0.717) is 40.0 Å². The molecule has 198 valence electrons. The average molecular weight is 526 g/mol. The van der Waals surface area contributed by atoms with Crippen molar-refractivity contribution in [3.8, 4) is 17.1 Å². The summed E-state index contributed by atoms with van der Waals surface area (Å²) in [7, 11) is 5.46. The van der Waals surface area contributed by atoms with Crippen molar-refractivity contribution in [1.29, 1.82) is 0 Å². The number of allylic oxidation sites excluding steroid dienone is 1. The molecule has 1 atom stereocenters. The number of methoxy groups -OCH3 is 1. The maximum atomic E-state index is 13.8. The van der Waals surface area contributed by atoms with E-state index < -0.39 is 11.0 Å². The standard InChI is InChI=1S/C28H27N7O4/c1-17-24(27(36)30-22-7-5-6-8-23(22)39-4)25(18-9-15-21(16-10-18)35(37)38)34-28(29-17)31-26(32-34)19-11-13-20(14-12-19)33(2)3/h5-16,25H,1-4H3,(H,30,36)(H,29,31,32). The summed E-state index contributed by atoms with van der Waals surface area (Å²) in [6, 6.07) is 20.4. The Bertz CT molecular complexity index is 1570. The lowest BCUT2D eigenvalue weighted by molar-refractivity contribution is -0.384. The number of ether oxygens (including phenoxy) is 1. The largest absolute Gasteiger partial charge is 0.495 e. The van der Waals surface area contributed by atoms with Crippen LogP contribution in [-0.4, -0.2) is 46.8 Å². The van der Waals surface area contributed by atoms with Gasteiger partial charge in [-0.25, -0.2) is 4.68 Å². The van der Waals surface area contributed by atoms with Crippen LogP contribution < -0.4 is 20.3 Å². The van der Waals surface area contributed by atoms with Gasteiger partial charge in [-0.2, -0.15) is 4.98 Å². The number of carbonyl (C=O) groups excluding carboxylic acids is 1. The molecule has 1 unspecified atom stereocenters. The molecule has 2 heterocycles. The molecular formula is C28H27N7O4. The smallest absolute Gasteiger partial charge is 0.269 e. The maximum absolute atomic E-state index is 13.8. The SMILES string of the molecule is COc1ccccc1NC(=O)C1=C(C)Nc2nc(-c3ccc(N(C)C)cc3)nn2C1c1ccc([N+](=O)[O-])cc1. The summed E-state index contributed by atoms with van der Waals surface area (Å²) in [5, 5.41) is 22.2. The summed E-state index contributed by atoms with van der Waals surface area (Å²) in [6.07, 6.45) is 0. The first-order chi connectivity index (χ1) is 18.8. The van der Waals surface area contributed by atoms with Gasteiger partial charge in [0.15, 0.2) is 5.82 Å². The third kappa shape index (κ3) is 4.89. The highest BCUT2D eigenvalue weighted by Gasteiger charge is 2.35. The minimum absolute atomic E-state index is 0.0473. The molecule has 3 aromatic carbocycles. The number of anilines is 3. The first-order valence-corrected chi connectivity index (χ1v) is 12.2. The van der Waals surface area contributed by atoms with Gasteiger partial charge in [0, 0.05) is 43.2 Å². The molecule has 2 N–H and O–H groups in total. The van der Waals surface area contributed by atoms with Crippen molar-refractivity contribution in [1.82, 2.24) is 14.8 Å². The van der Waals surface area contributed by atoms with Gasteiger partial charge in [-0.3, -0.25) is 14.9 Å². The molecule has 1 aliphatic heterocycles. The zero-order valence-corrected chi connectivity index (χ0v) is 21.9. The number of nitrogens with one attached hydrogen (secondary N) is 2. The number of aromatic nitrogens is 3. The molecule has 0 fully saturated rings. The Kier molecular flexibility index (Phi) is 6.72. The van der Waals surface area contributed by atoms with Crippen LogP contribution in [-0.2, 0) is 4.79 Å². The Morgan fingerprint density at radius 2 is 1.77 bits per heavy atom. The van der Waals surface area contributed by atoms with Crippen LogP contribution in [0, 0.1) is 10.1 Å². The Morgan fingerprint density at radius 1 is 1.08 bits per heavy atom. The van der Waals surface area contributed by atoms with Gasteiger partial charge in [-0.1, -0.05) is 12.1 Å². The number of amides is 1. The van der Waals surface area contributed by atoms with Gasteiger partial charge in [0.25, 0.3) is 11.6 Å². The molecule has 5 rings (SSSR count). The van der Waals surface area contributed by atoms with Crippen molar-refractivity contribution in [2.24, 2.45) is 0 Å². The number of rotatable bonds is 7. The molecule has 0 bridgehead atoms. The van der Waals surface area contributed by atoms with Gasteiger partial charge < -0.3 is 20.3 Å². The first-order valence-electron chi connectivity index (χ1n) is 12.2. The highest BCUT2D eigenvalue weighted by Crippen LogP contribution is 2.38. The van der Waals surface area contributed by atoms with Crippen molar-refractivity contribution in [3.63, 3.8) is 0 Å². The summed E-state index contributed by atoms with van der Waals surface area (Å²) in [6.45, 7) is 1.79. The van der Waals surface area contributed by atoms with E-state index in [1.165, 1.54) is 19.2 Å². The van der Waals surface area contributed by atoms with E-state index in [9.17, 15) is 14.9 Å². The topological polar surface area (TPSA) is 127 Å². The van der Waals surface area contributed by atoms with Crippen LogP contribution in [0.15, 0.2) is 84.1 Å². The van der Waals surface area contributed by atoms with E-state index in [4.69, 9.17) is 14.8 Å². The lowest BCUT2D eigenvalue weighted by atomic mass is 9.95. The van der Waals surface area contributed by atoms with Crippen molar-refractivity contribution in [2.45, 2.75) is 13.0 Å². The number of hydrogen-bond acceptors (Lipinski definition) is 8. The van der Waals surface area contributed by atoms with E-state index in [0.717, 1.165) is 11.3 Å². The van der Waals surface area contributed by atoms with Crippen LogP contribution in [0.1, 0.15) is 18.5 Å². The van der Waals surface area contributed by atoms with Crippen LogP contribution >= 0.6 is 0 Å². The van der Waals surface area contributed by atoms with Crippen LogP contribution in [0.4, 0.5) is 23.0 Å². The fourth-order valence-corrected chi connectivity index (χ4v) is 4.50. The number of non-ortho nitro benzene ring substituents is 1. The second kappa shape index (κ2) is 10.3. The molecule has 39 heavy (non-hydrogen) atoms. The highest BCUT2D eigenvalue weighted by molar-refractivity contribution is 6.06. The van der Waals surface area contributed by atoms with Crippen LogP contribution in [0.3, 0.4) is 0 Å². The predicted octanol–water partition coefficient (Wildman–Crippen LogP) is 4.86. The molecule has 0 saturated carbocycles. The minimum atomic E-state index is -0.695. The van der Waals surface area contributed by atoms with Crippen molar-refractivity contribution < 1.29 is 14.5 Å². The van der Waals surface area contributed by atoms with E-state index in [1.807, 2.05) is 49.3 Å². The lowest BCUT2D eigenvalue weighted by Crippen LogP contribution is -2.31. The van der Waals surface area contributed by atoms with Crippen molar-refractivity contribution >= 4 is 28.9 Å². The third-order valence-corrected chi connectivity index (χ3v) is 6.51. The number of carbonyl (C=O) groups is 1. The number of nitrogens with zero attached hydrogens (tertiary/aromatic N) is 5.